The summed E-state index contributed by atoms with van der Waals surface area (Å²) in [4.78, 5) is 11.9. The van der Waals surface area contributed by atoms with Crippen LogP contribution in [0.4, 0.5) is 4.39 Å². The molecule has 0 heterocycles. The van der Waals surface area contributed by atoms with Gasteiger partial charge in [-0.25, -0.2) is 9.82 Å². The number of rotatable bonds is 4. The normalized spacial score (nSPS) is 10.3. The minimum absolute atomic E-state index is 0.140. The summed E-state index contributed by atoms with van der Waals surface area (Å²) in [5.41, 5.74) is 2.82. The van der Waals surface area contributed by atoms with Crippen LogP contribution in [0.5, 0.6) is 5.75 Å². The average Bonchev–Trinajstić information content (AvgIpc) is 2.54. The van der Waals surface area contributed by atoms with E-state index >= 15 is 0 Å². The molecule has 0 aromatic heterocycles. The monoisotopic (exact) mass is 375 g/mol. The molecule has 0 saturated heterocycles. The molecule has 116 valence electrons. The van der Waals surface area contributed by atoms with Crippen LogP contribution in [0.2, 0.25) is 0 Å². The lowest BCUT2D eigenvalue weighted by Gasteiger charge is -2.05. The van der Waals surface area contributed by atoms with Gasteiger partial charge in [0.25, 0.3) is 5.91 Å². The maximum Gasteiger partial charge on any atom is 0.274 e. The summed E-state index contributed by atoms with van der Waals surface area (Å²) in [6, 6.07) is 10.7. The van der Waals surface area contributed by atoms with Crippen molar-refractivity contribution in [1.82, 2.24) is 5.43 Å². The Labute approximate surface area is 140 Å². The molecule has 0 aliphatic rings. The highest BCUT2D eigenvalue weighted by molar-refractivity contribution is 9.10. The number of hydrazone groups is 1. The first kappa shape index (κ1) is 16.6. The SMILES string of the molecule is COc1ccc(Br)cc1/C=N\NC(=O)c1ccc(C#N)cc1F. The Morgan fingerprint density at radius 1 is 1.39 bits per heavy atom. The van der Waals surface area contributed by atoms with Crippen molar-refractivity contribution >= 4 is 28.1 Å². The van der Waals surface area contributed by atoms with Gasteiger partial charge in [-0.05, 0) is 36.4 Å². The zero-order chi connectivity index (χ0) is 16.8. The Morgan fingerprint density at radius 3 is 2.83 bits per heavy atom. The average molecular weight is 376 g/mol. The molecule has 2 aromatic rings. The van der Waals surface area contributed by atoms with E-state index in [1.807, 2.05) is 0 Å². The molecular formula is C16H11BrFN3O2. The number of nitrogens with zero attached hydrogens (tertiary/aromatic N) is 2. The van der Waals surface area contributed by atoms with Crippen LogP contribution in [-0.4, -0.2) is 19.2 Å². The molecule has 7 heteroatoms. The summed E-state index contributed by atoms with van der Waals surface area (Å²) < 4.78 is 19.7. The molecule has 0 radical (unpaired) electrons. The van der Waals surface area contributed by atoms with Crippen LogP contribution in [0.3, 0.4) is 0 Å². The van der Waals surface area contributed by atoms with Crippen molar-refractivity contribution in [3.8, 4) is 11.8 Å². The highest BCUT2D eigenvalue weighted by atomic mass is 79.9. The first-order valence-corrected chi connectivity index (χ1v) is 7.21. The summed E-state index contributed by atoms with van der Waals surface area (Å²) in [5, 5.41) is 12.5. The summed E-state index contributed by atoms with van der Waals surface area (Å²) in [7, 11) is 1.52. The first-order chi connectivity index (χ1) is 11.0. The molecule has 0 unspecified atom stereocenters. The fourth-order valence-corrected chi connectivity index (χ4v) is 2.17. The zero-order valence-corrected chi connectivity index (χ0v) is 13.6. The lowest BCUT2D eigenvalue weighted by molar-refractivity contribution is 0.0951. The number of benzene rings is 2. The summed E-state index contributed by atoms with van der Waals surface area (Å²) in [6.45, 7) is 0. The van der Waals surface area contributed by atoms with Gasteiger partial charge in [-0.2, -0.15) is 10.4 Å². The second-order valence-corrected chi connectivity index (χ2v) is 5.31. The van der Waals surface area contributed by atoms with Crippen LogP contribution in [0.25, 0.3) is 0 Å². The molecule has 0 fully saturated rings. The molecule has 0 atom stereocenters. The lowest BCUT2D eigenvalue weighted by atomic mass is 10.1. The molecule has 2 rings (SSSR count). The van der Waals surface area contributed by atoms with Crippen LogP contribution < -0.4 is 10.2 Å². The number of nitriles is 1. The second kappa shape index (κ2) is 7.51. The van der Waals surface area contributed by atoms with Crippen molar-refractivity contribution in [1.29, 1.82) is 5.26 Å². The van der Waals surface area contributed by atoms with Crippen LogP contribution in [0.15, 0.2) is 46.0 Å². The van der Waals surface area contributed by atoms with E-state index in [9.17, 15) is 9.18 Å². The molecule has 0 spiro atoms. The van der Waals surface area contributed by atoms with E-state index in [1.54, 1.807) is 24.3 Å². The van der Waals surface area contributed by atoms with Gasteiger partial charge < -0.3 is 4.74 Å². The molecule has 5 nitrogen and oxygen atoms in total. The Hall–Kier alpha value is -2.72. The van der Waals surface area contributed by atoms with Crippen LogP contribution in [-0.2, 0) is 0 Å². The molecule has 23 heavy (non-hydrogen) atoms. The second-order valence-electron chi connectivity index (χ2n) is 4.39. The standard InChI is InChI=1S/C16H11BrFN3O2/c1-23-15-5-3-12(17)7-11(15)9-20-21-16(22)13-4-2-10(8-19)6-14(13)18/h2-7,9H,1H3,(H,21,22)/b20-9-. The van der Waals surface area contributed by atoms with Gasteiger partial charge in [-0.15, -0.1) is 0 Å². The molecule has 1 N–H and O–H groups in total. The van der Waals surface area contributed by atoms with Gasteiger partial charge in [0.15, 0.2) is 0 Å². The van der Waals surface area contributed by atoms with Gasteiger partial charge in [-0.1, -0.05) is 15.9 Å². The van der Waals surface area contributed by atoms with Crippen molar-refractivity contribution in [3.05, 3.63) is 63.4 Å². The molecule has 0 saturated carbocycles. The molecular weight excluding hydrogens is 365 g/mol. The molecule has 0 bridgehead atoms. The van der Waals surface area contributed by atoms with E-state index in [2.05, 4.69) is 26.5 Å². The number of halogens is 2. The number of carbonyl (C=O) groups excluding carboxylic acids is 1. The van der Waals surface area contributed by atoms with Crippen LogP contribution in [0, 0.1) is 17.1 Å². The van der Waals surface area contributed by atoms with E-state index in [-0.39, 0.29) is 11.1 Å². The number of carbonyl (C=O) groups is 1. The molecule has 1 amide bonds. The molecule has 0 aliphatic heterocycles. The van der Waals surface area contributed by atoms with E-state index < -0.39 is 11.7 Å². The fourth-order valence-electron chi connectivity index (χ4n) is 1.80. The minimum Gasteiger partial charge on any atom is -0.496 e. The number of hydrogen-bond acceptors (Lipinski definition) is 4. The predicted octanol–water partition coefficient (Wildman–Crippen LogP) is 3.23. The predicted molar refractivity (Wildman–Crippen MR) is 86.9 cm³/mol. The van der Waals surface area contributed by atoms with Crippen molar-refractivity contribution in [2.45, 2.75) is 0 Å². The van der Waals surface area contributed by atoms with E-state index in [0.717, 1.165) is 10.5 Å². The maximum atomic E-state index is 13.7. The number of methoxy groups -OCH3 is 1. The highest BCUT2D eigenvalue weighted by Gasteiger charge is 2.11. The Balaban J connectivity index is 2.13. The van der Waals surface area contributed by atoms with Crippen molar-refractivity contribution in [3.63, 3.8) is 0 Å². The number of amides is 1. The van der Waals surface area contributed by atoms with Crippen LogP contribution >= 0.6 is 15.9 Å². The third-order valence-corrected chi connectivity index (χ3v) is 3.40. The number of nitrogens with one attached hydrogen (secondary N) is 1. The topological polar surface area (TPSA) is 74.5 Å². The van der Waals surface area contributed by atoms with Gasteiger partial charge in [-0.3, -0.25) is 4.79 Å². The Kier molecular flexibility index (Phi) is 5.44. The van der Waals surface area contributed by atoms with Gasteiger partial charge in [0.1, 0.15) is 11.6 Å². The van der Waals surface area contributed by atoms with Gasteiger partial charge in [0, 0.05) is 10.0 Å². The van der Waals surface area contributed by atoms with Crippen LogP contribution in [0.1, 0.15) is 21.5 Å². The summed E-state index contributed by atoms with van der Waals surface area (Å²) >= 11 is 3.33. The minimum atomic E-state index is -0.781. The van der Waals surface area contributed by atoms with E-state index in [4.69, 9.17) is 10.00 Å². The third kappa shape index (κ3) is 4.14. The van der Waals surface area contributed by atoms with Crippen molar-refractivity contribution in [2.24, 2.45) is 5.10 Å². The van der Waals surface area contributed by atoms with E-state index in [0.29, 0.717) is 11.3 Å². The van der Waals surface area contributed by atoms with Gasteiger partial charge >= 0.3 is 0 Å². The van der Waals surface area contributed by atoms with E-state index in [1.165, 1.54) is 25.5 Å². The fraction of sp³-hybridized carbons (Fsp3) is 0.0625. The molecule has 2 aromatic carbocycles. The Bertz CT molecular complexity index is 815. The summed E-state index contributed by atoms with van der Waals surface area (Å²) in [6.07, 6.45) is 1.39. The third-order valence-electron chi connectivity index (χ3n) is 2.90. The van der Waals surface area contributed by atoms with Crippen molar-refractivity contribution < 1.29 is 13.9 Å². The summed E-state index contributed by atoms with van der Waals surface area (Å²) in [5.74, 6) is -0.912. The Morgan fingerprint density at radius 2 is 2.17 bits per heavy atom. The first-order valence-electron chi connectivity index (χ1n) is 6.41. The zero-order valence-electron chi connectivity index (χ0n) is 12.0. The molecule has 0 aliphatic carbocycles. The lowest BCUT2D eigenvalue weighted by Crippen LogP contribution is -2.19. The largest absolute Gasteiger partial charge is 0.496 e. The number of hydrogen-bond donors (Lipinski definition) is 1. The smallest absolute Gasteiger partial charge is 0.274 e. The van der Waals surface area contributed by atoms with Crippen molar-refractivity contribution in [2.75, 3.05) is 7.11 Å². The van der Waals surface area contributed by atoms with Gasteiger partial charge in [0.2, 0.25) is 0 Å². The van der Waals surface area contributed by atoms with Gasteiger partial charge in [0.05, 0.1) is 30.5 Å². The number of ether oxygens (including phenoxy) is 1. The highest BCUT2D eigenvalue weighted by Crippen LogP contribution is 2.21. The quantitative estimate of drug-likeness (QED) is 0.658. The maximum absolute atomic E-state index is 13.7.